The maximum atomic E-state index is 11.6. The molecule has 2 aromatic carbocycles. The van der Waals surface area contributed by atoms with Crippen LogP contribution in [0.15, 0.2) is 77.9 Å². The van der Waals surface area contributed by atoms with E-state index in [1.165, 1.54) is 0 Å². The molecular formula is C20H19N3O2S. The smallest absolute Gasteiger partial charge is 0.229 e. The molecule has 3 aromatic rings. The highest BCUT2D eigenvalue weighted by Gasteiger charge is 2.10. The van der Waals surface area contributed by atoms with Crippen molar-refractivity contribution >= 4 is 27.1 Å². The summed E-state index contributed by atoms with van der Waals surface area (Å²) in [6.45, 7) is 1.75. The van der Waals surface area contributed by atoms with Crippen LogP contribution in [0.4, 0.5) is 11.4 Å². The first kappa shape index (κ1) is 17.8. The SMILES string of the molecule is Cc1ncc(N=C(c2ccccc2)c2ccccc2)cc1NS(C)(=O)=O. The Balaban J connectivity index is 2.10. The first-order valence-electron chi connectivity index (χ1n) is 8.06. The molecule has 6 heteroatoms. The molecule has 0 saturated heterocycles. The molecule has 1 N–H and O–H groups in total. The quantitative estimate of drug-likeness (QED) is 0.696. The van der Waals surface area contributed by atoms with Gasteiger partial charge in [0.25, 0.3) is 0 Å². The minimum atomic E-state index is -3.39. The maximum Gasteiger partial charge on any atom is 0.229 e. The molecular weight excluding hydrogens is 346 g/mol. The van der Waals surface area contributed by atoms with E-state index in [9.17, 15) is 8.42 Å². The first-order chi connectivity index (χ1) is 12.4. The highest BCUT2D eigenvalue weighted by molar-refractivity contribution is 7.92. The van der Waals surface area contributed by atoms with E-state index in [0.29, 0.717) is 17.1 Å². The van der Waals surface area contributed by atoms with E-state index >= 15 is 0 Å². The lowest BCUT2D eigenvalue weighted by atomic mass is 10.0. The molecule has 0 unspecified atom stereocenters. The summed E-state index contributed by atoms with van der Waals surface area (Å²) < 4.78 is 25.6. The summed E-state index contributed by atoms with van der Waals surface area (Å²) in [6, 6.07) is 21.4. The van der Waals surface area contributed by atoms with Crippen LogP contribution in [0.5, 0.6) is 0 Å². The average molecular weight is 365 g/mol. The van der Waals surface area contributed by atoms with Crippen molar-refractivity contribution in [1.82, 2.24) is 4.98 Å². The number of aryl methyl sites for hydroxylation is 1. The lowest BCUT2D eigenvalue weighted by molar-refractivity contribution is 0.606. The Hall–Kier alpha value is -2.99. The summed E-state index contributed by atoms with van der Waals surface area (Å²) in [5, 5.41) is 0. The van der Waals surface area contributed by atoms with Gasteiger partial charge in [-0.25, -0.2) is 13.4 Å². The number of aliphatic imine (C=N–C) groups is 1. The van der Waals surface area contributed by atoms with Crippen LogP contribution in [0, 0.1) is 6.92 Å². The Kier molecular flexibility index (Phi) is 5.14. The number of sulfonamides is 1. The fraction of sp³-hybridized carbons (Fsp3) is 0.100. The van der Waals surface area contributed by atoms with Gasteiger partial charge in [0.05, 0.1) is 35.2 Å². The van der Waals surface area contributed by atoms with Crippen LogP contribution in [-0.2, 0) is 10.0 Å². The summed E-state index contributed by atoms with van der Waals surface area (Å²) >= 11 is 0. The van der Waals surface area contributed by atoms with Crippen LogP contribution in [-0.4, -0.2) is 25.4 Å². The van der Waals surface area contributed by atoms with Crippen molar-refractivity contribution in [2.75, 3.05) is 11.0 Å². The van der Waals surface area contributed by atoms with Gasteiger partial charge in [-0.2, -0.15) is 0 Å². The lowest BCUT2D eigenvalue weighted by Gasteiger charge is -2.10. The van der Waals surface area contributed by atoms with Crippen LogP contribution in [0.2, 0.25) is 0 Å². The molecule has 132 valence electrons. The van der Waals surface area contributed by atoms with E-state index in [1.54, 1.807) is 19.2 Å². The zero-order valence-electron chi connectivity index (χ0n) is 14.5. The van der Waals surface area contributed by atoms with Crippen LogP contribution >= 0.6 is 0 Å². The molecule has 0 radical (unpaired) electrons. The van der Waals surface area contributed by atoms with Crippen LogP contribution in [0.1, 0.15) is 16.8 Å². The van der Waals surface area contributed by atoms with E-state index < -0.39 is 10.0 Å². The third kappa shape index (κ3) is 4.55. The molecule has 0 aliphatic heterocycles. The Morgan fingerprint density at radius 3 is 2.00 bits per heavy atom. The monoisotopic (exact) mass is 365 g/mol. The zero-order chi connectivity index (χ0) is 18.6. The Bertz CT molecular complexity index is 990. The highest BCUT2D eigenvalue weighted by Crippen LogP contribution is 2.23. The molecule has 0 saturated carbocycles. The van der Waals surface area contributed by atoms with Gasteiger partial charge in [-0.15, -0.1) is 0 Å². The molecule has 1 aromatic heterocycles. The van der Waals surface area contributed by atoms with Crippen molar-refractivity contribution in [2.45, 2.75) is 6.92 Å². The van der Waals surface area contributed by atoms with E-state index in [0.717, 1.165) is 23.1 Å². The van der Waals surface area contributed by atoms with Crippen molar-refractivity contribution in [2.24, 2.45) is 4.99 Å². The predicted molar refractivity (Wildman–Crippen MR) is 106 cm³/mol. The molecule has 0 spiro atoms. The molecule has 26 heavy (non-hydrogen) atoms. The van der Waals surface area contributed by atoms with Crippen molar-refractivity contribution in [3.05, 3.63) is 89.7 Å². The summed E-state index contributed by atoms with van der Waals surface area (Å²) in [5.74, 6) is 0. The largest absolute Gasteiger partial charge is 0.282 e. The predicted octanol–water partition coefficient (Wildman–Crippen LogP) is 3.93. The van der Waals surface area contributed by atoms with Gasteiger partial charge in [-0.1, -0.05) is 60.7 Å². The normalized spacial score (nSPS) is 11.0. The van der Waals surface area contributed by atoms with Crippen molar-refractivity contribution in [3.63, 3.8) is 0 Å². The molecule has 5 nitrogen and oxygen atoms in total. The van der Waals surface area contributed by atoms with Crippen LogP contribution < -0.4 is 4.72 Å². The number of aromatic nitrogens is 1. The third-order valence-corrected chi connectivity index (χ3v) is 4.29. The Labute approximate surface area is 153 Å². The number of anilines is 1. The molecule has 3 rings (SSSR count). The van der Waals surface area contributed by atoms with E-state index in [1.807, 2.05) is 60.7 Å². The number of rotatable bonds is 5. The summed E-state index contributed by atoms with van der Waals surface area (Å²) in [5.41, 5.74) is 4.32. The minimum absolute atomic E-state index is 0.425. The van der Waals surface area contributed by atoms with Gasteiger partial charge in [0, 0.05) is 11.1 Å². The molecule has 0 amide bonds. The second kappa shape index (κ2) is 7.49. The average Bonchev–Trinajstić information content (AvgIpc) is 2.62. The van der Waals surface area contributed by atoms with Gasteiger partial charge < -0.3 is 0 Å². The maximum absolute atomic E-state index is 11.6. The standard InChI is InChI=1S/C20H19N3O2S/c1-15-19(23-26(2,24)25)13-18(14-21-15)22-20(16-9-5-3-6-10-16)17-11-7-4-8-12-17/h3-14,23H,1-2H3. The summed E-state index contributed by atoms with van der Waals surface area (Å²) in [6.07, 6.45) is 2.75. The molecule has 0 atom stereocenters. The second-order valence-corrected chi connectivity index (χ2v) is 7.64. The van der Waals surface area contributed by atoms with Crippen molar-refractivity contribution < 1.29 is 8.42 Å². The Morgan fingerprint density at radius 1 is 0.962 bits per heavy atom. The lowest BCUT2D eigenvalue weighted by Crippen LogP contribution is -2.11. The molecule has 0 fully saturated rings. The number of nitrogens with one attached hydrogen (secondary N) is 1. The number of hydrogen-bond donors (Lipinski definition) is 1. The van der Waals surface area contributed by atoms with Crippen LogP contribution in [0.25, 0.3) is 0 Å². The van der Waals surface area contributed by atoms with Gasteiger partial charge in [-0.05, 0) is 13.0 Å². The molecule has 1 heterocycles. The van der Waals surface area contributed by atoms with Crippen molar-refractivity contribution in [3.8, 4) is 0 Å². The van der Waals surface area contributed by atoms with Crippen LogP contribution in [0.3, 0.4) is 0 Å². The number of hydrogen-bond acceptors (Lipinski definition) is 4. The van der Waals surface area contributed by atoms with Gasteiger partial charge in [0.1, 0.15) is 0 Å². The fourth-order valence-corrected chi connectivity index (χ4v) is 3.11. The number of nitrogens with zero attached hydrogens (tertiary/aromatic N) is 2. The summed E-state index contributed by atoms with van der Waals surface area (Å²) in [7, 11) is -3.39. The van der Waals surface area contributed by atoms with Gasteiger partial charge >= 0.3 is 0 Å². The summed E-state index contributed by atoms with van der Waals surface area (Å²) in [4.78, 5) is 9.02. The van der Waals surface area contributed by atoms with Crippen molar-refractivity contribution in [1.29, 1.82) is 0 Å². The van der Waals surface area contributed by atoms with Gasteiger partial charge in [0.2, 0.25) is 10.0 Å². The van der Waals surface area contributed by atoms with E-state index in [2.05, 4.69) is 9.71 Å². The number of benzene rings is 2. The molecule has 0 bridgehead atoms. The second-order valence-electron chi connectivity index (χ2n) is 5.89. The fourth-order valence-electron chi connectivity index (χ4n) is 2.50. The van der Waals surface area contributed by atoms with Gasteiger partial charge in [-0.3, -0.25) is 9.71 Å². The molecule has 0 aliphatic rings. The number of pyridine rings is 1. The Morgan fingerprint density at radius 2 is 1.50 bits per heavy atom. The third-order valence-electron chi connectivity index (χ3n) is 3.70. The van der Waals surface area contributed by atoms with E-state index in [4.69, 9.17) is 4.99 Å². The first-order valence-corrected chi connectivity index (χ1v) is 9.95. The minimum Gasteiger partial charge on any atom is -0.282 e. The highest BCUT2D eigenvalue weighted by atomic mass is 32.2. The topological polar surface area (TPSA) is 71.4 Å². The van der Waals surface area contributed by atoms with Gasteiger partial charge in [0.15, 0.2) is 0 Å². The zero-order valence-corrected chi connectivity index (χ0v) is 15.4. The molecule has 0 aliphatic carbocycles. The van der Waals surface area contributed by atoms with E-state index in [-0.39, 0.29) is 0 Å².